The van der Waals surface area contributed by atoms with Crippen molar-refractivity contribution in [2.45, 2.75) is 31.3 Å². The van der Waals surface area contributed by atoms with Gasteiger partial charge >= 0.3 is 5.76 Å². The van der Waals surface area contributed by atoms with E-state index in [1.165, 1.54) is 18.5 Å². The number of carbonyl (C=O) groups is 1. The highest BCUT2D eigenvalue weighted by Crippen LogP contribution is 2.21. The summed E-state index contributed by atoms with van der Waals surface area (Å²) in [6.45, 7) is 2.01. The third-order valence-electron chi connectivity index (χ3n) is 6.32. The Bertz CT molecular complexity index is 1240. The maximum atomic E-state index is 13.3. The Morgan fingerprint density at radius 1 is 1.29 bits per heavy atom. The van der Waals surface area contributed by atoms with Crippen LogP contribution in [0.2, 0.25) is 0 Å². The highest BCUT2D eigenvalue weighted by Gasteiger charge is 2.30. The summed E-state index contributed by atoms with van der Waals surface area (Å²) in [5.41, 5.74) is 0.264. The van der Waals surface area contributed by atoms with Gasteiger partial charge in [0.2, 0.25) is 5.91 Å². The molecule has 13 heteroatoms. The van der Waals surface area contributed by atoms with Gasteiger partial charge in [-0.15, -0.1) is 0 Å². The third-order valence-corrected chi connectivity index (χ3v) is 7.93. The molecule has 2 aromatic rings. The Hall–Kier alpha value is -3.08. The predicted octanol–water partition coefficient (Wildman–Crippen LogP) is -0.0810. The maximum Gasteiger partial charge on any atom is 0.441 e. The van der Waals surface area contributed by atoms with E-state index in [0.29, 0.717) is 25.0 Å². The first kappa shape index (κ1) is 25.0. The van der Waals surface area contributed by atoms with Gasteiger partial charge in [-0.3, -0.25) is 14.7 Å². The van der Waals surface area contributed by atoms with Crippen molar-refractivity contribution in [1.82, 2.24) is 20.2 Å². The molecular formula is C22H28N6O6S. The van der Waals surface area contributed by atoms with E-state index in [2.05, 4.69) is 26.7 Å². The zero-order valence-electron chi connectivity index (χ0n) is 19.2. The number of anilines is 1. The quantitative estimate of drug-likeness (QED) is 0.493. The number of aromatic nitrogens is 2. The number of nitrogens with one attached hydrogen (secondary N) is 2. The summed E-state index contributed by atoms with van der Waals surface area (Å²) in [7, 11) is -3.09. The summed E-state index contributed by atoms with van der Waals surface area (Å²) in [5.74, 6) is -0.847. The first-order valence-electron chi connectivity index (χ1n) is 11.5. The van der Waals surface area contributed by atoms with E-state index in [4.69, 9.17) is 9.15 Å². The minimum Gasteiger partial charge on any atom is -0.408 e. The van der Waals surface area contributed by atoms with Gasteiger partial charge in [0.25, 0.3) is 0 Å². The Labute approximate surface area is 202 Å². The normalized spacial score (nSPS) is 20.5. The SMILES string of the molecule is N#CC(CC1CCOCC1)NC(=O)C(CN1CCS(=O)(=O)CC1)Nc1nc(=O)oc2ccncc12. The fourth-order valence-electron chi connectivity index (χ4n) is 4.31. The minimum atomic E-state index is -3.09. The van der Waals surface area contributed by atoms with Crippen LogP contribution in [-0.2, 0) is 19.4 Å². The number of nitrogens with zero attached hydrogens (tertiary/aromatic N) is 4. The molecule has 2 aliphatic rings. The summed E-state index contributed by atoms with van der Waals surface area (Å²) >= 11 is 0. The van der Waals surface area contributed by atoms with Crippen LogP contribution in [-0.4, -0.2) is 85.6 Å². The summed E-state index contributed by atoms with van der Waals surface area (Å²) < 4.78 is 34.1. The third kappa shape index (κ3) is 6.74. The molecule has 1 amide bonds. The Kier molecular flexibility index (Phi) is 7.94. The van der Waals surface area contributed by atoms with Crippen molar-refractivity contribution in [2.24, 2.45) is 5.92 Å². The van der Waals surface area contributed by atoms with Gasteiger partial charge in [0, 0.05) is 51.3 Å². The zero-order chi connectivity index (χ0) is 24.8. The number of sulfone groups is 1. The van der Waals surface area contributed by atoms with Crippen molar-refractivity contribution in [2.75, 3.05) is 49.7 Å². The molecule has 2 N–H and O–H groups in total. The standard InChI is InChI=1S/C22H28N6O6S/c23-12-16(11-15-2-7-33-8-3-15)25-21(29)18(14-28-5-9-35(31,32)10-6-28)26-20-17-13-24-4-1-19(17)34-22(30)27-20/h1,4,13,15-16,18H,2-3,5-11,14H2,(H,25,29)(H,26,27,30). The number of hydrogen-bond donors (Lipinski definition) is 2. The first-order valence-corrected chi connectivity index (χ1v) is 13.4. The average molecular weight is 505 g/mol. The van der Waals surface area contributed by atoms with Crippen molar-refractivity contribution in [3.05, 3.63) is 29.0 Å². The van der Waals surface area contributed by atoms with Gasteiger partial charge in [0.1, 0.15) is 23.5 Å². The van der Waals surface area contributed by atoms with Crippen LogP contribution in [0.3, 0.4) is 0 Å². The van der Waals surface area contributed by atoms with Crippen LogP contribution in [0.4, 0.5) is 5.82 Å². The second kappa shape index (κ2) is 11.1. The molecule has 2 fully saturated rings. The van der Waals surface area contributed by atoms with Gasteiger partial charge in [-0.1, -0.05) is 0 Å². The lowest BCUT2D eigenvalue weighted by molar-refractivity contribution is -0.122. The number of amides is 1. The van der Waals surface area contributed by atoms with Crippen LogP contribution in [0.1, 0.15) is 19.3 Å². The van der Waals surface area contributed by atoms with Gasteiger partial charge < -0.3 is 19.8 Å². The molecule has 2 unspecified atom stereocenters. The topological polar surface area (TPSA) is 168 Å². The molecule has 0 aromatic carbocycles. The molecule has 2 aromatic heterocycles. The van der Waals surface area contributed by atoms with Crippen molar-refractivity contribution in [3.63, 3.8) is 0 Å². The van der Waals surface area contributed by atoms with Crippen molar-refractivity contribution >= 4 is 32.5 Å². The highest BCUT2D eigenvalue weighted by molar-refractivity contribution is 7.91. The zero-order valence-corrected chi connectivity index (χ0v) is 20.0. The van der Waals surface area contributed by atoms with Gasteiger partial charge in [-0.25, -0.2) is 13.2 Å². The van der Waals surface area contributed by atoms with E-state index in [1.54, 1.807) is 0 Å². The lowest BCUT2D eigenvalue weighted by Crippen LogP contribution is -2.52. The van der Waals surface area contributed by atoms with E-state index in [0.717, 1.165) is 12.8 Å². The molecule has 0 saturated carbocycles. The largest absolute Gasteiger partial charge is 0.441 e. The molecule has 2 atom stereocenters. The van der Waals surface area contributed by atoms with Crippen molar-refractivity contribution < 1.29 is 22.4 Å². The lowest BCUT2D eigenvalue weighted by Gasteiger charge is -2.31. The lowest BCUT2D eigenvalue weighted by atomic mass is 9.93. The van der Waals surface area contributed by atoms with E-state index >= 15 is 0 Å². The molecule has 35 heavy (non-hydrogen) atoms. The fraction of sp³-hybridized carbons (Fsp3) is 0.591. The number of hydrogen-bond acceptors (Lipinski definition) is 11. The van der Waals surface area contributed by atoms with Gasteiger partial charge in [-0.2, -0.15) is 10.2 Å². The summed E-state index contributed by atoms with van der Waals surface area (Å²) in [6, 6.07) is 2.10. The molecule has 2 saturated heterocycles. The van der Waals surface area contributed by atoms with Crippen LogP contribution >= 0.6 is 0 Å². The molecule has 12 nitrogen and oxygen atoms in total. The second-order valence-electron chi connectivity index (χ2n) is 8.83. The maximum absolute atomic E-state index is 13.3. The van der Waals surface area contributed by atoms with Crippen LogP contribution in [0.25, 0.3) is 11.0 Å². The predicted molar refractivity (Wildman–Crippen MR) is 126 cm³/mol. The molecule has 0 spiro atoms. The summed E-state index contributed by atoms with van der Waals surface area (Å²) in [6.07, 6.45) is 5.13. The van der Waals surface area contributed by atoms with Gasteiger partial charge in [-0.05, 0) is 25.2 Å². The Morgan fingerprint density at radius 3 is 2.74 bits per heavy atom. The summed E-state index contributed by atoms with van der Waals surface area (Å²) in [4.78, 5) is 35.1. The molecule has 0 bridgehead atoms. The molecule has 0 radical (unpaired) electrons. The minimum absolute atomic E-state index is 0.00589. The number of nitriles is 1. The number of carbonyl (C=O) groups excluding carboxylic acids is 1. The van der Waals surface area contributed by atoms with E-state index < -0.39 is 33.6 Å². The van der Waals surface area contributed by atoms with Crippen molar-refractivity contribution in [1.29, 1.82) is 5.26 Å². The molecule has 4 rings (SSSR count). The number of pyridine rings is 1. The average Bonchev–Trinajstić information content (AvgIpc) is 2.84. The number of ether oxygens (including phenoxy) is 1. The van der Waals surface area contributed by atoms with Crippen LogP contribution in [0, 0.1) is 17.2 Å². The first-order chi connectivity index (χ1) is 16.8. The van der Waals surface area contributed by atoms with E-state index in [1.807, 2.05) is 4.90 Å². The van der Waals surface area contributed by atoms with Crippen LogP contribution in [0.5, 0.6) is 0 Å². The van der Waals surface area contributed by atoms with Crippen LogP contribution in [0.15, 0.2) is 27.7 Å². The second-order valence-corrected chi connectivity index (χ2v) is 11.1. The molecular weight excluding hydrogens is 476 g/mol. The number of rotatable bonds is 8. The summed E-state index contributed by atoms with van der Waals surface area (Å²) in [5, 5.41) is 15.9. The molecule has 2 aliphatic heterocycles. The Balaban J connectivity index is 1.53. The molecule has 4 heterocycles. The molecule has 188 valence electrons. The van der Waals surface area contributed by atoms with Crippen LogP contribution < -0.4 is 16.4 Å². The smallest absolute Gasteiger partial charge is 0.408 e. The van der Waals surface area contributed by atoms with Gasteiger partial charge in [0.05, 0.1) is 23.0 Å². The van der Waals surface area contributed by atoms with Gasteiger partial charge in [0.15, 0.2) is 9.84 Å². The fourth-order valence-corrected chi connectivity index (χ4v) is 5.59. The van der Waals surface area contributed by atoms with Crippen molar-refractivity contribution in [3.8, 4) is 6.07 Å². The molecule has 0 aliphatic carbocycles. The highest BCUT2D eigenvalue weighted by atomic mass is 32.2. The monoisotopic (exact) mass is 504 g/mol. The van der Waals surface area contributed by atoms with E-state index in [-0.39, 0.29) is 48.5 Å². The Morgan fingerprint density at radius 2 is 2.03 bits per heavy atom. The number of fused-ring (bicyclic) bond motifs is 1. The van der Waals surface area contributed by atoms with E-state index in [9.17, 15) is 23.3 Å².